The van der Waals surface area contributed by atoms with Crippen LogP contribution in [0.4, 0.5) is 13.2 Å². The second-order valence-electron chi connectivity index (χ2n) is 8.44. The summed E-state index contributed by atoms with van der Waals surface area (Å²) in [6.45, 7) is 1.70. The van der Waals surface area contributed by atoms with Gasteiger partial charge in [0.15, 0.2) is 10.9 Å². The third-order valence-corrected chi connectivity index (χ3v) is 6.51. The zero-order valence-corrected chi connectivity index (χ0v) is 21.6. The lowest BCUT2D eigenvalue weighted by Crippen LogP contribution is -2.32. The van der Waals surface area contributed by atoms with Crippen molar-refractivity contribution in [2.24, 2.45) is 16.9 Å². The molecule has 1 aliphatic rings. The van der Waals surface area contributed by atoms with Gasteiger partial charge in [-0.05, 0) is 50.0 Å². The van der Waals surface area contributed by atoms with E-state index in [4.69, 9.17) is 10.6 Å². The monoisotopic (exact) mass is 556 g/mol. The van der Waals surface area contributed by atoms with E-state index in [-0.39, 0.29) is 28.3 Å². The van der Waals surface area contributed by atoms with Crippen molar-refractivity contribution in [3.05, 3.63) is 70.3 Å². The van der Waals surface area contributed by atoms with E-state index in [9.17, 15) is 22.8 Å². The molecule has 1 unspecified atom stereocenters. The molecule has 0 spiro atoms. The van der Waals surface area contributed by atoms with E-state index >= 15 is 0 Å². The number of nitrogens with zero attached hydrogens (tertiary/aromatic N) is 4. The Bertz CT molecular complexity index is 1550. The first-order valence-electron chi connectivity index (χ1n) is 11.7. The van der Waals surface area contributed by atoms with E-state index < -0.39 is 34.8 Å². The molecule has 39 heavy (non-hydrogen) atoms. The fourth-order valence-electron chi connectivity index (χ4n) is 3.52. The van der Waals surface area contributed by atoms with Crippen molar-refractivity contribution in [3.8, 4) is 34.5 Å². The van der Waals surface area contributed by atoms with Crippen LogP contribution < -0.4 is 21.5 Å². The van der Waals surface area contributed by atoms with Gasteiger partial charge < -0.3 is 15.9 Å². The van der Waals surface area contributed by atoms with E-state index in [0.29, 0.717) is 11.0 Å². The molecule has 1 fully saturated rings. The summed E-state index contributed by atoms with van der Waals surface area (Å²) in [5.74, 6) is 10.1. The number of hydrogen-bond acceptors (Lipinski definition) is 8. The largest absolute Gasteiger partial charge is 0.494 e. The molecule has 0 aliphatic heterocycles. The Morgan fingerprint density at radius 2 is 2.05 bits per heavy atom. The third kappa shape index (κ3) is 6.58. The Kier molecular flexibility index (Phi) is 8.55. The molecule has 3 aromatic rings. The molecule has 0 saturated heterocycles. The van der Waals surface area contributed by atoms with Crippen LogP contribution in [0.15, 0.2) is 52.8 Å². The molecule has 202 valence electrons. The number of hydrazone groups is 1. The number of halogens is 3. The van der Waals surface area contributed by atoms with Crippen molar-refractivity contribution in [1.82, 2.24) is 19.9 Å². The number of carbonyl (C=O) groups is 1. The van der Waals surface area contributed by atoms with Crippen LogP contribution in [0.2, 0.25) is 0 Å². The van der Waals surface area contributed by atoms with E-state index in [2.05, 4.69) is 32.2 Å². The summed E-state index contributed by atoms with van der Waals surface area (Å²) in [6, 6.07) is 4.70. The van der Waals surface area contributed by atoms with Gasteiger partial charge in [-0.2, -0.15) is 5.10 Å². The fraction of sp³-hybridized carbons (Fsp3) is 0.269. The van der Waals surface area contributed by atoms with Crippen LogP contribution in [0.5, 0.6) is 5.75 Å². The number of amides is 1. The average molecular weight is 557 g/mol. The molecule has 4 rings (SSSR count). The van der Waals surface area contributed by atoms with Gasteiger partial charge in [-0.1, -0.05) is 17.7 Å². The van der Waals surface area contributed by atoms with Crippen LogP contribution in [-0.4, -0.2) is 38.0 Å². The molecule has 3 aromatic heterocycles. The second kappa shape index (κ2) is 12.0. The number of thioether (sulfide) groups is 1. The fourth-order valence-corrected chi connectivity index (χ4v) is 4.20. The average Bonchev–Trinajstić information content (AvgIpc) is 3.76. The summed E-state index contributed by atoms with van der Waals surface area (Å²) in [6.07, 6.45) is 2.72. The van der Waals surface area contributed by atoms with Crippen molar-refractivity contribution >= 4 is 22.7 Å². The zero-order valence-electron chi connectivity index (χ0n) is 20.8. The maximum atomic E-state index is 14.0. The van der Waals surface area contributed by atoms with Crippen LogP contribution in [0, 0.1) is 23.6 Å². The van der Waals surface area contributed by atoms with Crippen LogP contribution >= 0.6 is 11.8 Å². The normalized spacial score (nSPS) is 13.9. The minimum absolute atomic E-state index is 0.0179. The predicted molar refractivity (Wildman–Crippen MR) is 141 cm³/mol. The first-order valence-corrected chi connectivity index (χ1v) is 12.6. The van der Waals surface area contributed by atoms with E-state index in [1.165, 1.54) is 31.6 Å². The molecule has 1 atom stereocenters. The topological polar surface area (TPSA) is 124 Å². The van der Waals surface area contributed by atoms with Crippen molar-refractivity contribution in [3.63, 3.8) is 0 Å². The lowest BCUT2D eigenvalue weighted by molar-refractivity contribution is 0.0952. The van der Waals surface area contributed by atoms with Gasteiger partial charge in [-0.15, -0.1) is 0 Å². The standard InChI is InChI=1S/C26H23F3N6O3S/c1-14(39-23(34-30)8-7-15-5-6-15)33-25(36)18-12-32-22(35-9-3-4-19(27)26(35)37)11-16(18)17-10-20(24(28)29)31-13-21(17)38-2/h3-4,9-15,24H,5-6,30H2,1-2H3,(H,33,36)/b34-23-. The summed E-state index contributed by atoms with van der Waals surface area (Å²) in [5, 5.41) is 6.24. The van der Waals surface area contributed by atoms with Crippen molar-refractivity contribution in [2.45, 2.75) is 31.6 Å². The van der Waals surface area contributed by atoms with Crippen molar-refractivity contribution < 1.29 is 22.7 Å². The summed E-state index contributed by atoms with van der Waals surface area (Å²) in [5.41, 5.74) is -1.35. The van der Waals surface area contributed by atoms with Crippen molar-refractivity contribution in [2.75, 3.05) is 7.11 Å². The van der Waals surface area contributed by atoms with Crippen LogP contribution in [0.25, 0.3) is 16.9 Å². The predicted octanol–water partition coefficient (Wildman–Crippen LogP) is 3.87. The van der Waals surface area contributed by atoms with Crippen molar-refractivity contribution in [1.29, 1.82) is 0 Å². The highest BCUT2D eigenvalue weighted by Crippen LogP contribution is 2.35. The maximum Gasteiger partial charge on any atom is 0.292 e. The molecule has 1 saturated carbocycles. The number of hydrogen-bond donors (Lipinski definition) is 2. The Labute approximate surface area is 225 Å². The summed E-state index contributed by atoms with van der Waals surface area (Å²) in [4.78, 5) is 33.6. The first-order chi connectivity index (χ1) is 18.7. The number of pyridine rings is 3. The molecule has 3 N–H and O–H groups in total. The molecule has 0 bridgehead atoms. The highest BCUT2D eigenvalue weighted by molar-refractivity contribution is 8.15. The smallest absolute Gasteiger partial charge is 0.292 e. The number of methoxy groups -OCH3 is 1. The molecule has 9 nitrogen and oxygen atoms in total. The Morgan fingerprint density at radius 1 is 1.28 bits per heavy atom. The van der Waals surface area contributed by atoms with Gasteiger partial charge in [-0.25, -0.2) is 18.2 Å². The number of rotatable bonds is 7. The quantitative estimate of drug-likeness (QED) is 0.113. The number of nitrogens with one attached hydrogen (secondary N) is 1. The minimum atomic E-state index is -2.90. The van der Waals surface area contributed by atoms with Crippen LogP contribution in [0.3, 0.4) is 0 Å². The van der Waals surface area contributed by atoms with E-state index in [1.54, 1.807) is 6.92 Å². The molecule has 3 heterocycles. The zero-order chi connectivity index (χ0) is 28.1. The second-order valence-corrected chi connectivity index (χ2v) is 9.77. The first kappa shape index (κ1) is 27.7. The molecule has 13 heteroatoms. The number of ether oxygens (including phenoxy) is 1. The Hall–Kier alpha value is -4.31. The summed E-state index contributed by atoms with van der Waals surface area (Å²) in [7, 11) is 1.32. The molecule has 1 amide bonds. The van der Waals surface area contributed by atoms with Gasteiger partial charge in [0.05, 0.1) is 24.2 Å². The highest BCUT2D eigenvalue weighted by atomic mass is 32.2. The van der Waals surface area contributed by atoms with Crippen LogP contribution in [-0.2, 0) is 0 Å². The number of carbonyl (C=O) groups excluding carboxylic acids is 1. The van der Waals surface area contributed by atoms with Crippen LogP contribution in [0.1, 0.15) is 42.2 Å². The highest BCUT2D eigenvalue weighted by Gasteiger charge is 2.23. The molecule has 1 aliphatic carbocycles. The van der Waals surface area contributed by atoms with Gasteiger partial charge in [0, 0.05) is 29.4 Å². The Morgan fingerprint density at radius 3 is 2.72 bits per heavy atom. The lowest BCUT2D eigenvalue weighted by Gasteiger charge is -2.17. The third-order valence-electron chi connectivity index (χ3n) is 5.60. The van der Waals surface area contributed by atoms with Gasteiger partial charge in [0.2, 0.25) is 0 Å². The van der Waals surface area contributed by atoms with Gasteiger partial charge in [-0.3, -0.25) is 19.1 Å². The minimum Gasteiger partial charge on any atom is -0.494 e. The number of nitrogens with two attached hydrogens (primary N) is 1. The maximum absolute atomic E-state index is 14.0. The lowest BCUT2D eigenvalue weighted by atomic mass is 10.00. The molecule has 0 aromatic carbocycles. The van der Waals surface area contributed by atoms with E-state index in [0.717, 1.165) is 47.5 Å². The van der Waals surface area contributed by atoms with Gasteiger partial charge in [0.1, 0.15) is 17.3 Å². The molecule has 0 radical (unpaired) electrons. The summed E-state index contributed by atoms with van der Waals surface area (Å²) < 4.78 is 47.3. The van der Waals surface area contributed by atoms with E-state index in [1.807, 2.05) is 0 Å². The number of alkyl halides is 2. The van der Waals surface area contributed by atoms with Gasteiger partial charge in [0.25, 0.3) is 17.9 Å². The van der Waals surface area contributed by atoms with Gasteiger partial charge >= 0.3 is 0 Å². The summed E-state index contributed by atoms with van der Waals surface area (Å²) >= 11 is 1.13. The molecular weight excluding hydrogens is 533 g/mol. The SMILES string of the molecule is COc1cnc(C(F)F)cc1-c1cc(-n2cccc(F)c2=O)ncc1C(=O)NC(C)S/C(C#CC1CC1)=N\N. The molecular formula is C26H23F3N6O3S. The number of aromatic nitrogens is 3. The Balaban J connectivity index is 1.75.